The molecule has 1 N–H and O–H groups in total. The predicted octanol–water partition coefficient (Wildman–Crippen LogP) is 3.85. The van der Waals surface area contributed by atoms with Crippen LogP contribution < -0.4 is 24.7 Å². The van der Waals surface area contributed by atoms with Crippen LogP contribution in [0.2, 0.25) is 0 Å². The van der Waals surface area contributed by atoms with Gasteiger partial charge in [-0.25, -0.2) is 4.39 Å². The molecular formula is C31H32FN5O5. The highest BCUT2D eigenvalue weighted by atomic mass is 19.1. The van der Waals surface area contributed by atoms with E-state index in [-0.39, 0.29) is 36.1 Å². The van der Waals surface area contributed by atoms with Crippen LogP contribution in [0.25, 0.3) is 11.4 Å². The minimum Gasteiger partial charge on any atom is -0.497 e. The van der Waals surface area contributed by atoms with E-state index in [2.05, 4.69) is 15.2 Å². The van der Waals surface area contributed by atoms with Crippen molar-refractivity contribution in [3.05, 3.63) is 94.2 Å². The first-order chi connectivity index (χ1) is 20.4. The van der Waals surface area contributed by atoms with Gasteiger partial charge in [-0.15, -0.1) is 10.2 Å². The second-order valence-electron chi connectivity index (χ2n) is 9.77. The third-order valence-electron chi connectivity index (χ3n) is 7.13. The predicted molar refractivity (Wildman–Crippen MR) is 155 cm³/mol. The molecule has 1 saturated heterocycles. The molecular weight excluding hydrogens is 541 g/mol. The number of nitrogens with one attached hydrogen (secondary N) is 1. The summed E-state index contributed by atoms with van der Waals surface area (Å²) in [5, 5.41) is 8.29. The average molecular weight is 574 g/mol. The van der Waals surface area contributed by atoms with Gasteiger partial charge in [0.1, 0.15) is 23.9 Å². The molecule has 0 unspecified atom stereocenters. The van der Waals surface area contributed by atoms with Crippen molar-refractivity contribution in [2.75, 3.05) is 45.3 Å². The lowest BCUT2D eigenvalue weighted by atomic mass is 10.1. The molecule has 42 heavy (non-hydrogen) atoms. The number of piperazine rings is 1. The fourth-order valence-electron chi connectivity index (χ4n) is 4.80. The first kappa shape index (κ1) is 28.6. The van der Waals surface area contributed by atoms with Gasteiger partial charge in [0.25, 0.3) is 5.56 Å². The number of aromatic nitrogens is 3. The van der Waals surface area contributed by atoms with Crippen molar-refractivity contribution in [1.82, 2.24) is 20.1 Å². The van der Waals surface area contributed by atoms with Crippen molar-refractivity contribution >= 4 is 11.6 Å². The van der Waals surface area contributed by atoms with Crippen LogP contribution in [0, 0.1) is 5.82 Å². The molecule has 11 heteroatoms. The quantitative estimate of drug-likeness (QED) is 0.305. The lowest BCUT2D eigenvalue weighted by Crippen LogP contribution is -2.49. The van der Waals surface area contributed by atoms with Crippen LogP contribution >= 0.6 is 0 Å². The molecule has 0 spiro atoms. The molecule has 5 rings (SSSR count). The van der Waals surface area contributed by atoms with Crippen molar-refractivity contribution in [3.63, 3.8) is 0 Å². The molecule has 4 aromatic rings. The molecule has 0 bridgehead atoms. The van der Waals surface area contributed by atoms with Gasteiger partial charge in [0, 0.05) is 44.6 Å². The minimum absolute atomic E-state index is 0.0808. The number of methoxy groups -OCH3 is 2. The zero-order chi connectivity index (χ0) is 29.5. The zero-order valence-electron chi connectivity index (χ0n) is 23.5. The number of hydrogen-bond acceptors (Lipinski definition) is 8. The second-order valence-corrected chi connectivity index (χ2v) is 9.77. The number of benzene rings is 3. The summed E-state index contributed by atoms with van der Waals surface area (Å²) in [5.74, 6) is 1.67. The van der Waals surface area contributed by atoms with E-state index in [4.69, 9.17) is 14.2 Å². The monoisotopic (exact) mass is 573 g/mol. The lowest BCUT2D eigenvalue weighted by molar-refractivity contribution is -0.131. The van der Waals surface area contributed by atoms with Gasteiger partial charge in [0.05, 0.1) is 19.9 Å². The summed E-state index contributed by atoms with van der Waals surface area (Å²) < 4.78 is 30.8. The highest BCUT2D eigenvalue weighted by molar-refractivity contribution is 5.76. The summed E-state index contributed by atoms with van der Waals surface area (Å²) in [7, 11) is 3.15. The number of halogens is 1. The van der Waals surface area contributed by atoms with Gasteiger partial charge < -0.3 is 29.0 Å². The number of hydrogen-bond donors (Lipinski definition) is 1. The van der Waals surface area contributed by atoms with Crippen molar-refractivity contribution in [2.45, 2.75) is 19.4 Å². The maximum absolute atomic E-state index is 14.1. The highest BCUT2D eigenvalue weighted by Gasteiger charge is 2.23. The van der Waals surface area contributed by atoms with Crippen LogP contribution in [0.1, 0.15) is 17.7 Å². The number of ether oxygens (including phenoxy) is 3. The minimum atomic E-state index is -0.408. The molecule has 1 aliphatic rings. The summed E-state index contributed by atoms with van der Waals surface area (Å²) in [6, 6.07) is 19.4. The van der Waals surface area contributed by atoms with Crippen LogP contribution in [0.5, 0.6) is 17.2 Å². The fourth-order valence-corrected chi connectivity index (χ4v) is 4.80. The topological polar surface area (TPSA) is 110 Å². The molecule has 1 fully saturated rings. The summed E-state index contributed by atoms with van der Waals surface area (Å²) in [6.07, 6.45) is 0.291. The van der Waals surface area contributed by atoms with Crippen LogP contribution in [0.15, 0.2) is 71.5 Å². The Morgan fingerprint density at radius 3 is 2.48 bits per heavy atom. The van der Waals surface area contributed by atoms with E-state index in [1.54, 1.807) is 48.4 Å². The molecule has 0 atom stereocenters. The first-order valence-electron chi connectivity index (χ1n) is 13.6. The summed E-state index contributed by atoms with van der Waals surface area (Å²) in [5.41, 5.74) is 1.85. The number of carbonyl (C=O) groups is 1. The van der Waals surface area contributed by atoms with Crippen molar-refractivity contribution in [1.29, 1.82) is 0 Å². The average Bonchev–Trinajstić information content (AvgIpc) is 3.03. The number of para-hydroxylation sites is 1. The van der Waals surface area contributed by atoms with Crippen molar-refractivity contribution < 1.29 is 23.4 Å². The van der Waals surface area contributed by atoms with E-state index in [1.165, 1.54) is 13.2 Å². The van der Waals surface area contributed by atoms with Gasteiger partial charge in [-0.05, 0) is 48.0 Å². The Morgan fingerprint density at radius 2 is 1.74 bits per heavy atom. The van der Waals surface area contributed by atoms with E-state index >= 15 is 0 Å². The van der Waals surface area contributed by atoms with Crippen molar-refractivity contribution in [2.24, 2.45) is 0 Å². The molecule has 1 amide bonds. The van der Waals surface area contributed by atoms with Gasteiger partial charge in [-0.3, -0.25) is 9.59 Å². The molecule has 0 saturated carbocycles. The second kappa shape index (κ2) is 13.2. The Labute approximate surface area is 242 Å². The summed E-state index contributed by atoms with van der Waals surface area (Å²) in [4.78, 5) is 32.0. The van der Waals surface area contributed by atoms with Crippen LogP contribution in [-0.4, -0.2) is 66.4 Å². The maximum Gasteiger partial charge on any atom is 0.273 e. The number of amides is 1. The van der Waals surface area contributed by atoms with Gasteiger partial charge >= 0.3 is 0 Å². The Morgan fingerprint density at radius 1 is 0.929 bits per heavy atom. The smallest absolute Gasteiger partial charge is 0.273 e. The number of rotatable bonds is 10. The number of aromatic amines is 1. The molecule has 10 nitrogen and oxygen atoms in total. The van der Waals surface area contributed by atoms with Gasteiger partial charge in [0.15, 0.2) is 17.3 Å². The zero-order valence-corrected chi connectivity index (χ0v) is 23.5. The van der Waals surface area contributed by atoms with E-state index in [9.17, 15) is 14.0 Å². The van der Waals surface area contributed by atoms with E-state index in [1.807, 2.05) is 29.2 Å². The van der Waals surface area contributed by atoms with Crippen LogP contribution in [0.3, 0.4) is 0 Å². The largest absolute Gasteiger partial charge is 0.497 e. The normalized spacial score (nSPS) is 13.1. The number of anilines is 1. The third-order valence-corrected chi connectivity index (χ3v) is 7.13. The number of aryl methyl sites for hydroxylation is 1. The lowest BCUT2D eigenvalue weighted by Gasteiger charge is -2.36. The van der Waals surface area contributed by atoms with E-state index in [0.717, 1.165) is 11.3 Å². The van der Waals surface area contributed by atoms with Gasteiger partial charge in [0.2, 0.25) is 5.91 Å². The van der Waals surface area contributed by atoms with E-state index in [0.29, 0.717) is 55.5 Å². The Balaban J connectivity index is 1.17. The van der Waals surface area contributed by atoms with Gasteiger partial charge in [-0.2, -0.15) is 0 Å². The molecule has 218 valence electrons. The SMILES string of the molecule is COc1cccc(COc2ccc(-c3nnc(CCC(=O)N4CCN(c5ccccc5F)CC4)c(=O)[nH]3)cc2OC)c1. The Bertz CT molecular complexity index is 1600. The molecule has 1 aliphatic heterocycles. The third kappa shape index (κ3) is 6.68. The standard InChI is InChI=1S/C31H32FN5O5/c1-40-23-7-5-6-21(18-23)20-42-27-12-10-22(19-28(27)41-2)30-33-31(39)25(34-35-30)11-13-29(38)37-16-14-36(15-17-37)26-9-4-3-8-24(26)32/h3-10,12,18-19H,11,13-17,20H2,1-2H3,(H,33,35,39). The first-order valence-corrected chi connectivity index (χ1v) is 13.6. The highest BCUT2D eigenvalue weighted by Crippen LogP contribution is 2.32. The Kier molecular flexibility index (Phi) is 8.96. The molecule has 0 radical (unpaired) electrons. The van der Waals surface area contributed by atoms with E-state index < -0.39 is 5.56 Å². The van der Waals surface area contributed by atoms with Crippen LogP contribution in [-0.2, 0) is 17.8 Å². The number of nitrogens with zero attached hydrogens (tertiary/aromatic N) is 4. The molecule has 3 aromatic carbocycles. The fraction of sp³-hybridized carbons (Fsp3) is 0.290. The van der Waals surface area contributed by atoms with Crippen molar-refractivity contribution in [3.8, 4) is 28.6 Å². The molecule has 1 aromatic heterocycles. The Hall–Kier alpha value is -4.93. The number of carbonyl (C=O) groups excluding carboxylic acids is 1. The summed E-state index contributed by atoms with van der Waals surface area (Å²) >= 11 is 0. The summed E-state index contributed by atoms with van der Waals surface area (Å²) in [6.45, 7) is 2.36. The molecule has 2 heterocycles. The number of H-pyrrole nitrogens is 1. The van der Waals surface area contributed by atoms with Gasteiger partial charge in [-0.1, -0.05) is 24.3 Å². The van der Waals surface area contributed by atoms with Crippen LogP contribution in [0.4, 0.5) is 10.1 Å². The maximum atomic E-state index is 14.1. The molecule has 0 aliphatic carbocycles.